The number of pyridine rings is 1. The Morgan fingerprint density at radius 3 is 2.34 bits per heavy atom. The summed E-state index contributed by atoms with van der Waals surface area (Å²) in [6.07, 6.45) is 2.11. The molecule has 0 N–H and O–H groups in total. The molecule has 0 spiro atoms. The molecule has 2 saturated heterocycles. The Morgan fingerprint density at radius 1 is 1.00 bits per heavy atom. The number of anilines is 2. The van der Waals surface area contributed by atoms with Crippen molar-refractivity contribution in [2.75, 3.05) is 47.7 Å². The average molecular weight is 415 g/mol. The summed E-state index contributed by atoms with van der Waals surface area (Å²) in [6.45, 7) is 7.50. The monoisotopic (exact) mass is 414 g/mol. The quantitative estimate of drug-likeness (QED) is 0.770. The van der Waals surface area contributed by atoms with Crippen molar-refractivity contribution in [3.05, 3.63) is 53.3 Å². The molecule has 0 aliphatic carbocycles. The van der Waals surface area contributed by atoms with Gasteiger partial charge in [0.25, 0.3) is 5.91 Å². The number of aryl methyl sites for hydroxylation is 2. The number of nitrogens with zero attached hydrogens (tertiary/aromatic N) is 4. The van der Waals surface area contributed by atoms with Crippen LogP contribution in [0.3, 0.4) is 0 Å². The van der Waals surface area contributed by atoms with E-state index < -0.39 is 10.0 Å². The van der Waals surface area contributed by atoms with Crippen molar-refractivity contribution in [1.29, 1.82) is 0 Å². The van der Waals surface area contributed by atoms with E-state index >= 15 is 0 Å². The van der Waals surface area contributed by atoms with E-state index in [2.05, 4.69) is 41.9 Å². The molecule has 8 heteroatoms. The van der Waals surface area contributed by atoms with E-state index in [0.717, 1.165) is 13.1 Å². The maximum Gasteiger partial charge on any atom is 0.272 e. The number of hydrogen-bond donors (Lipinski definition) is 0. The summed E-state index contributed by atoms with van der Waals surface area (Å²) in [5.41, 5.74) is 4.59. The van der Waals surface area contributed by atoms with E-state index in [0.29, 0.717) is 37.4 Å². The van der Waals surface area contributed by atoms with Crippen LogP contribution in [0.15, 0.2) is 36.5 Å². The zero-order valence-electron chi connectivity index (χ0n) is 16.8. The van der Waals surface area contributed by atoms with Crippen LogP contribution in [0.25, 0.3) is 0 Å². The standard InChI is InChI=1S/C21H26N4O3S/c1-16-4-7-20(17(2)14-16)23-9-11-24(12-10-23)21(26)19-6-5-18(15-22-19)25-8-3-13-29(25,27)28/h4-7,14-15H,3,8-13H2,1-2H3. The van der Waals surface area contributed by atoms with E-state index in [4.69, 9.17) is 0 Å². The van der Waals surface area contributed by atoms with Crippen LogP contribution in [0.2, 0.25) is 0 Å². The zero-order chi connectivity index (χ0) is 20.6. The molecule has 2 fully saturated rings. The van der Waals surface area contributed by atoms with Gasteiger partial charge in [-0.25, -0.2) is 13.4 Å². The van der Waals surface area contributed by atoms with Crippen LogP contribution in [-0.4, -0.2) is 62.7 Å². The van der Waals surface area contributed by atoms with E-state index in [-0.39, 0.29) is 11.7 Å². The third-order valence-electron chi connectivity index (χ3n) is 5.61. The number of hydrogen-bond acceptors (Lipinski definition) is 5. The fourth-order valence-electron chi connectivity index (χ4n) is 4.06. The van der Waals surface area contributed by atoms with Gasteiger partial charge in [0.15, 0.2) is 0 Å². The van der Waals surface area contributed by atoms with Gasteiger partial charge in [-0.15, -0.1) is 0 Å². The Bertz CT molecular complexity index is 1010. The summed E-state index contributed by atoms with van der Waals surface area (Å²) in [6, 6.07) is 9.75. The van der Waals surface area contributed by atoms with Crippen LogP contribution in [0.1, 0.15) is 28.0 Å². The van der Waals surface area contributed by atoms with Gasteiger partial charge in [-0.1, -0.05) is 17.7 Å². The summed E-state index contributed by atoms with van der Waals surface area (Å²) in [4.78, 5) is 21.2. The summed E-state index contributed by atoms with van der Waals surface area (Å²) < 4.78 is 25.4. The van der Waals surface area contributed by atoms with Crippen molar-refractivity contribution >= 4 is 27.3 Å². The highest BCUT2D eigenvalue weighted by Gasteiger charge is 2.29. The molecule has 1 aromatic heterocycles. The number of rotatable bonds is 3. The van der Waals surface area contributed by atoms with Crippen molar-refractivity contribution in [2.24, 2.45) is 0 Å². The predicted octanol–water partition coefficient (Wildman–Crippen LogP) is 2.20. The van der Waals surface area contributed by atoms with Gasteiger partial charge in [0, 0.05) is 38.4 Å². The molecule has 1 aromatic carbocycles. The molecular formula is C21H26N4O3S. The van der Waals surface area contributed by atoms with E-state index in [1.807, 2.05) is 4.90 Å². The normalized spacial score (nSPS) is 18.9. The third-order valence-corrected chi connectivity index (χ3v) is 7.48. The second-order valence-corrected chi connectivity index (χ2v) is 9.73. The van der Waals surface area contributed by atoms with Gasteiger partial charge in [-0.3, -0.25) is 9.10 Å². The molecule has 2 aromatic rings. The highest BCUT2D eigenvalue weighted by Crippen LogP contribution is 2.25. The Kier molecular flexibility index (Phi) is 5.21. The number of piperazine rings is 1. The lowest BCUT2D eigenvalue weighted by atomic mass is 10.1. The number of aromatic nitrogens is 1. The van der Waals surface area contributed by atoms with Gasteiger partial charge < -0.3 is 9.80 Å². The third kappa shape index (κ3) is 3.94. The summed E-state index contributed by atoms with van der Waals surface area (Å²) in [7, 11) is -3.24. The highest BCUT2D eigenvalue weighted by molar-refractivity contribution is 7.93. The molecule has 0 unspecified atom stereocenters. The molecular weight excluding hydrogens is 388 g/mol. The van der Waals surface area contributed by atoms with Gasteiger partial charge in [-0.05, 0) is 44.0 Å². The minimum atomic E-state index is -3.24. The largest absolute Gasteiger partial charge is 0.368 e. The second kappa shape index (κ2) is 7.67. The Hall–Kier alpha value is -2.61. The topological polar surface area (TPSA) is 73.8 Å². The van der Waals surface area contributed by atoms with Crippen molar-refractivity contribution in [3.63, 3.8) is 0 Å². The minimum Gasteiger partial charge on any atom is -0.368 e. The molecule has 3 heterocycles. The molecule has 4 rings (SSSR count). The maximum absolute atomic E-state index is 12.8. The van der Waals surface area contributed by atoms with E-state index in [9.17, 15) is 13.2 Å². The molecule has 0 radical (unpaired) electrons. The first kappa shape index (κ1) is 19.7. The predicted molar refractivity (Wildman–Crippen MR) is 114 cm³/mol. The molecule has 0 bridgehead atoms. The molecule has 154 valence electrons. The highest BCUT2D eigenvalue weighted by atomic mass is 32.2. The van der Waals surface area contributed by atoms with Crippen LogP contribution >= 0.6 is 0 Å². The SMILES string of the molecule is Cc1ccc(N2CCN(C(=O)c3ccc(N4CCCS4(=O)=O)cn3)CC2)c(C)c1. The zero-order valence-corrected chi connectivity index (χ0v) is 17.7. The smallest absolute Gasteiger partial charge is 0.272 e. The van der Waals surface area contributed by atoms with Crippen LogP contribution in [0, 0.1) is 13.8 Å². The molecule has 7 nitrogen and oxygen atoms in total. The van der Waals surface area contributed by atoms with Gasteiger partial charge in [0.2, 0.25) is 10.0 Å². The summed E-state index contributed by atoms with van der Waals surface area (Å²) >= 11 is 0. The Balaban J connectivity index is 1.41. The fraction of sp³-hybridized carbons (Fsp3) is 0.429. The fourth-order valence-corrected chi connectivity index (χ4v) is 5.61. The molecule has 0 saturated carbocycles. The number of sulfonamides is 1. The van der Waals surface area contributed by atoms with Crippen molar-refractivity contribution in [1.82, 2.24) is 9.88 Å². The molecule has 2 aliphatic rings. The van der Waals surface area contributed by atoms with Crippen molar-refractivity contribution in [3.8, 4) is 0 Å². The van der Waals surface area contributed by atoms with Crippen molar-refractivity contribution < 1.29 is 13.2 Å². The molecule has 2 aliphatic heterocycles. The van der Waals surface area contributed by atoms with Crippen LogP contribution in [0.5, 0.6) is 0 Å². The maximum atomic E-state index is 12.8. The first-order chi connectivity index (χ1) is 13.8. The van der Waals surface area contributed by atoms with Gasteiger partial charge in [0.1, 0.15) is 5.69 Å². The second-order valence-electron chi connectivity index (χ2n) is 7.71. The van der Waals surface area contributed by atoms with Gasteiger partial charge in [-0.2, -0.15) is 0 Å². The van der Waals surface area contributed by atoms with Crippen molar-refractivity contribution in [2.45, 2.75) is 20.3 Å². The summed E-state index contributed by atoms with van der Waals surface area (Å²) in [5.74, 6) is 0.0550. The lowest BCUT2D eigenvalue weighted by Crippen LogP contribution is -2.49. The lowest BCUT2D eigenvalue weighted by Gasteiger charge is -2.36. The average Bonchev–Trinajstić information content (AvgIpc) is 3.07. The van der Waals surface area contributed by atoms with Crippen LogP contribution in [-0.2, 0) is 10.0 Å². The Labute approximate surface area is 172 Å². The molecule has 29 heavy (non-hydrogen) atoms. The molecule has 0 atom stereocenters. The van der Waals surface area contributed by atoms with Crippen LogP contribution < -0.4 is 9.21 Å². The van der Waals surface area contributed by atoms with Gasteiger partial charge in [0.05, 0.1) is 17.6 Å². The number of carbonyl (C=O) groups excluding carboxylic acids is 1. The first-order valence-corrected chi connectivity index (χ1v) is 11.5. The van der Waals surface area contributed by atoms with E-state index in [1.165, 1.54) is 27.3 Å². The minimum absolute atomic E-state index is 0.110. The number of amides is 1. The number of benzene rings is 1. The first-order valence-electron chi connectivity index (χ1n) is 9.93. The van der Waals surface area contributed by atoms with E-state index in [1.54, 1.807) is 12.1 Å². The lowest BCUT2D eigenvalue weighted by molar-refractivity contribution is 0.0741. The van der Waals surface area contributed by atoms with Crippen LogP contribution in [0.4, 0.5) is 11.4 Å². The Morgan fingerprint density at radius 2 is 1.76 bits per heavy atom. The molecule has 1 amide bonds. The van der Waals surface area contributed by atoms with Gasteiger partial charge >= 0.3 is 0 Å². The summed E-state index contributed by atoms with van der Waals surface area (Å²) in [5, 5.41) is 0. The number of carbonyl (C=O) groups is 1.